The van der Waals surface area contributed by atoms with Crippen LogP contribution in [-0.4, -0.2) is 13.0 Å². The van der Waals surface area contributed by atoms with Gasteiger partial charge in [0.2, 0.25) is 5.91 Å². The summed E-state index contributed by atoms with van der Waals surface area (Å²) in [6.45, 7) is 0. The summed E-state index contributed by atoms with van der Waals surface area (Å²) in [5.74, 6) is -0.0408. The number of nitrogen functional groups attached to an aromatic ring is 1. The van der Waals surface area contributed by atoms with Crippen molar-refractivity contribution >= 4 is 17.3 Å². The smallest absolute Gasteiger partial charge is 0.227 e. The van der Waals surface area contributed by atoms with Crippen molar-refractivity contribution in [2.24, 2.45) is 0 Å². The van der Waals surface area contributed by atoms with Crippen molar-refractivity contribution in [2.75, 3.05) is 17.7 Å². The van der Waals surface area contributed by atoms with Crippen LogP contribution in [0.25, 0.3) is 0 Å². The van der Waals surface area contributed by atoms with Crippen LogP contribution in [0.2, 0.25) is 0 Å². The highest BCUT2D eigenvalue weighted by molar-refractivity contribution is 5.94. The quantitative estimate of drug-likeness (QED) is 0.875. The number of nitrogens with zero attached hydrogens (tertiary/aromatic N) is 2. The Kier molecular flexibility index (Phi) is 4.57. The van der Waals surface area contributed by atoms with Crippen LogP contribution in [0.1, 0.15) is 17.5 Å². The number of carbonyl (C=O) groups excluding carboxylic acids is 1. The van der Waals surface area contributed by atoms with Crippen molar-refractivity contribution in [2.45, 2.75) is 12.8 Å². The van der Waals surface area contributed by atoms with Gasteiger partial charge in [-0.25, -0.2) is 0 Å². The number of anilines is 2. The van der Waals surface area contributed by atoms with Crippen molar-refractivity contribution in [3.63, 3.8) is 0 Å². The molecule has 0 heterocycles. The maximum absolute atomic E-state index is 12.3. The molecule has 0 unspecified atom stereocenters. The van der Waals surface area contributed by atoms with E-state index in [1.807, 2.05) is 30.3 Å². The monoisotopic (exact) mass is 279 g/mol. The number of hydrogen-bond donors (Lipinski definition) is 1. The summed E-state index contributed by atoms with van der Waals surface area (Å²) in [5.41, 5.74) is 8.66. The van der Waals surface area contributed by atoms with E-state index in [4.69, 9.17) is 11.0 Å². The summed E-state index contributed by atoms with van der Waals surface area (Å²) in [6, 6.07) is 16.7. The molecule has 0 saturated carbocycles. The second kappa shape index (κ2) is 6.58. The highest BCUT2D eigenvalue weighted by atomic mass is 16.2. The second-order valence-corrected chi connectivity index (χ2v) is 4.78. The van der Waals surface area contributed by atoms with Crippen LogP contribution in [0.4, 0.5) is 11.4 Å². The summed E-state index contributed by atoms with van der Waals surface area (Å²) in [5, 5.41) is 9.09. The maximum atomic E-state index is 12.3. The van der Waals surface area contributed by atoms with Crippen molar-refractivity contribution in [3.05, 3.63) is 59.7 Å². The third-order valence-electron chi connectivity index (χ3n) is 3.42. The minimum atomic E-state index is -0.0408. The first-order valence-corrected chi connectivity index (χ1v) is 6.72. The number of nitriles is 1. The van der Waals surface area contributed by atoms with Crippen LogP contribution >= 0.6 is 0 Å². The molecule has 0 aliphatic rings. The predicted octanol–water partition coefficient (Wildman–Crippen LogP) is 2.74. The van der Waals surface area contributed by atoms with E-state index in [9.17, 15) is 4.79 Å². The number of rotatable bonds is 4. The Bertz CT molecular complexity index is 688. The fourth-order valence-corrected chi connectivity index (χ4v) is 2.17. The van der Waals surface area contributed by atoms with Gasteiger partial charge in [0.1, 0.15) is 6.07 Å². The number of hydrogen-bond acceptors (Lipinski definition) is 3. The topological polar surface area (TPSA) is 70.1 Å². The van der Waals surface area contributed by atoms with E-state index in [1.165, 1.54) is 4.90 Å². The van der Waals surface area contributed by atoms with Gasteiger partial charge in [0.05, 0.1) is 11.3 Å². The average molecular weight is 279 g/mol. The lowest BCUT2D eigenvalue weighted by Crippen LogP contribution is -2.27. The molecule has 0 aromatic heterocycles. The summed E-state index contributed by atoms with van der Waals surface area (Å²) < 4.78 is 0. The van der Waals surface area contributed by atoms with E-state index in [-0.39, 0.29) is 5.91 Å². The molecular formula is C17H17N3O. The fourth-order valence-electron chi connectivity index (χ4n) is 2.17. The number of amides is 1. The normalized spacial score (nSPS) is 9.90. The van der Waals surface area contributed by atoms with Crippen LogP contribution in [0.5, 0.6) is 0 Å². The summed E-state index contributed by atoms with van der Waals surface area (Å²) in [4.78, 5) is 13.8. The zero-order valence-corrected chi connectivity index (χ0v) is 11.9. The largest absolute Gasteiger partial charge is 0.399 e. The first kappa shape index (κ1) is 14.6. The van der Waals surface area contributed by atoms with E-state index >= 15 is 0 Å². The van der Waals surface area contributed by atoms with E-state index in [1.54, 1.807) is 25.2 Å². The summed E-state index contributed by atoms with van der Waals surface area (Å²) in [6.07, 6.45) is 0.940. The van der Waals surface area contributed by atoms with E-state index in [0.29, 0.717) is 29.8 Å². The van der Waals surface area contributed by atoms with Crippen LogP contribution < -0.4 is 10.6 Å². The molecule has 2 rings (SSSR count). The Hall–Kier alpha value is -2.80. The standard InChI is InChI=1S/C17H17N3O/c1-20(16-9-5-3-7-14(16)12-18)17(21)11-10-13-6-2-4-8-15(13)19/h2-9H,10-11,19H2,1H3. The molecule has 0 aliphatic carbocycles. The predicted molar refractivity (Wildman–Crippen MR) is 83.7 cm³/mol. The number of para-hydroxylation sites is 2. The zero-order chi connectivity index (χ0) is 15.2. The molecule has 4 heteroatoms. The molecular weight excluding hydrogens is 262 g/mol. The van der Waals surface area contributed by atoms with Gasteiger partial charge in [-0.3, -0.25) is 4.79 Å². The lowest BCUT2D eigenvalue weighted by atomic mass is 10.1. The lowest BCUT2D eigenvalue weighted by molar-refractivity contribution is -0.118. The maximum Gasteiger partial charge on any atom is 0.227 e. The molecule has 0 spiro atoms. The molecule has 21 heavy (non-hydrogen) atoms. The summed E-state index contributed by atoms with van der Waals surface area (Å²) >= 11 is 0. The van der Waals surface area contributed by atoms with Gasteiger partial charge in [0, 0.05) is 19.2 Å². The number of benzene rings is 2. The van der Waals surface area contributed by atoms with Crippen LogP contribution in [0, 0.1) is 11.3 Å². The Morgan fingerprint density at radius 3 is 2.57 bits per heavy atom. The molecule has 0 radical (unpaired) electrons. The minimum Gasteiger partial charge on any atom is -0.399 e. The van der Waals surface area contributed by atoms with Gasteiger partial charge in [-0.2, -0.15) is 5.26 Å². The summed E-state index contributed by atoms with van der Waals surface area (Å²) in [7, 11) is 1.69. The van der Waals surface area contributed by atoms with Gasteiger partial charge in [0.15, 0.2) is 0 Å². The second-order valence-electron chi connectivity index (χ2n) is 4.78. The van der Waals surface area contributed by atoms with Crippen molar-refractivity contribution in [3.8, 4) is 6.07 Å². The van der Waals surface area contributed by atoms with Gasteiger partial charge < -0.3 is 10.6 Å². The van der Waals surface area contributed by atoms with Crippen LogP contribution in [-0.2, 0) is 11.2 Å². The van der Waals surface area contributed by atoms with E-state index in [0.717, 1.165) is 5.56 Å². The molecule has 0 saturated heterocycles. The Balaban J connectivity index is 2.07. The minimum absolute atomic E-state index is 0.0408. The third-order valence-corrected chi connectivity index (χ3v) is 3.42. The Morgan fingerprint density at radius 2 is 1.86 bits per heavy atom. The van der Waals surface area contributed by atoms with Gasteiger partial charge in [-0.05, 0) is 30.2 Å². The Labute approximate surface area is 124 Å². The first-order valence-electron chi connectivity index (χ1n) is 6.72. The fraction of sp³-hybridized carbons (Fsp3) is 0.176. The molecule has 0 aliphatic heterocycles. The first-order chi connectivity index (χ1) is 10.1. The molecule has 0 atom stereocenters. The van der Waals surface area contributed by atoms with Crippen LogP contribution in [0.15, 0.2) is 48.5 Å². The van der Waals surface area contributed by atoms with Gasteiger partial charge in [-0.15, -0.1) is 0 Å². The highest BCUT2D eigenvalue weighted by Crippen LogP contribution is 2.20. The van der Waals surface area contributed by atoms with Crippen molar-refractivity contribution in [1.29, 1.82) is 5.26 Å². The average Bonchev–Trinajstić information content (AvgIpc) is 2.53. The molecule has 106 valence electrons. The van der Waals surface area contributed by atoms with Gasteiger partial charge in [-0.1, -0.05) is 30.3 Å². The molecule has 0 fully saturated rings. The number of carbonyl (C=O) groups is 1. The third kappa shape index (κ3) is 3.40. The van der Waals surface area contributed by atoms with Gasteiger partial charge in [0.25, 0.3) is 0 Å². The number of aryl methyl sites for hydroxylation is 1. The molecule has 4 nitrogen and oxygen atoms in total. The molecule has 1 amide bonds. The van der Waals surface area contributed by atoms with E-state index < -0.39 is 0 Å². The number of nitrogens with two attached hydrogens (primary N) is 1. The zero-order valence-electron chi connectivity index (χ0n) is 11.9. The highest BCUT2D eigenvalue weighted by Gasteiger charge is 2.14. The van der Waals surface area contributed by atoms with Gasteiger partial charge >= 0.3 is 0 Å². The lowest BCUT2D eigenvalue weighted by Gasteiger charge is -2.18. The molecule has 2 aromatic carbocycles. The SMILES string of the molecule is CN(C(=O)CCc1ccccc1N)c1ccccc1C#N. The van der Waals surface area contributed by atoms with Crippen LogP contribution in [0.3, 0.4) is 0 Å². The molecule has 0 bridgehead atoms. The van der Waals surface area contributed by atoms with E-state index in [2.05, 4.69) is 6.07 Å². The van der Waals surface area contributed by atoms with Crippen molar-refractivity contribution < 1.29 is 4.79 Å². The van der Waals surface area contributed by atoms with Crippen molar-refractivity contribution in [1.82, 2.24) is 0 Å². The molecule has 2 N–H and O–H groups in total. The Morgan fingerprint density at radius 1 is 1.19 bits per heavy atom. The molecule has 2 aromatic rings.